The van der Waals surface area contributed by atoms with Crippen LogP contribution in [0, 0.1) is 5.92 Å². The fraction of sp³-hybridized carbons (Fsp3) is 0.381. The van der Waals surface area contributed by atoms with Gasteiger partial charge >= 0.3 is 5.69 Å². The molecular weight excluding hydrogens is 398 g/mol. The molecule has 0 spiro atoms. The Kier molecular flexibility index (Phi) is 5.31. The number of imidazole rings is 1. The Bertz CT molecular complexity index is 1240. The van der Waals surface area contributed by atoms with Crippen LogP contribution in [-0.2, 0) is 17.9 Å². The molecule has 1 saturated heterocycles. The van der Waals surface area contributed by atoms with Crippen LogP contribution in [-0.4, -0.2) is 53.0 Å². The Morgan fingerprint density at radius 1 is 1.13 bits per heavy atom. The minimum atomic E-state index is -0.187. The zero-order valence-electron chi connectivity index (χ0n) is 16.9. The molecule has 1 aromatic carbocycles. The SMILES string of the molecule is O=c1[nH]c2ncc(-c3ccc(-c4n[nH]c(CO)n4)cc3)nc2n1CCC1CCOCC1. The van der Waals surface area contributed by atoms with Gasteiger partial charge in [0.25, 0.3) is 0 Å². The van der Waals surface area contributed by atoms with Gasteiger partial charge in [0.15, 0.2) is 22.9 Å². The lowest BCUT2D eigenvalue weighted by Gasteiger charge is -2.21. The summed E-state index contributed by atoms with van der Waals surface area (Å²) in [6.07, 6.45) is 4.64. The van der Waals surface area contributed by atoms with Gasteiger partial charge in [-0.2, -0.15) is 5.10 Å². The van der Waals surface area contributed by atoms with Gasteiger partial charge in [-0.3, -0.25) is 14.6 Å². The average molecular weight is 421 g/mol. The van der Waals surface area contributed by atoms with Crippen molar-refractivity contribution < 1.29 is 9.84 Å². The summed E-state index contributed by atoms with van der Waals surface area (Å²) in [4.78, 5) is 28.6. The van der Waals surface area contributed by atoms with Crippen LogP contribution in [0.3, 0.4) is 0 Å². The molecule has 1 fully saturated rings. The third-order valence-electron chi connectivity index (χ3n) is 5.70. The van der Waals surface area contributed by atoms with Crippen molar-refractivity contribution in [3.05, 3.63) is 46.8 Å². The molecule has 1 aliphatic rings. The smallest absolute Gasteiger partial charge is 0.328 e. The number of aliphatic hydroxyl groups is 1. The molecular formula is C21H23N7O3. The number of nitrogens with zero attached hydrogens (tertiary/aromatic N) is 5. The van der Waals surface area contributed by atoms with E-state index in [4.69, 9.17) is 14.8 Å². The van der Waals surface area contributed by atoms with Gasteiger partial charge in [0.1, 0.15) is 6.61 Å². The molecule has 0 aliphatic carbocycles. The number of hydrogen-bond donors (Lipinski definition) is 3. The zero-order valence-corrected chi connectivity index (χ0v) is 16.9. The molecule has 0 bridgehead atoms. The summed E-state index contributed by atoms with van der Waals surface area (Å²) >= 11 is 0. The summed E-state index contributed by atoms with van der Waals surface area (Å²) in [7, 11) is 0. The number of rotatable bonds is 6. The van der Waals surface area contributed by atoms with E-state index in [-0.39, 0.29) is 12.3 Å². The Morgan fingerprint density at radius 2 is 1.90 bits per heavy atom. The molecule has 0 amide bonds. The van der Waals surface area contributed by atoms with Gasteiger partial charge in [0.2, 0.25) is 0 Å². The van der Waals surface area contributed by atoms with Crippen molar-refractivity contribution in [1.29, 1.82) is 0 Å². The van der Waals surface area contributed by atoms with Crippen molar-refractivity contribution in [2.45, 2.75) is 32.4 Å². The highest BCUT2D eigenvalue weighted by atomic mass is 16.5. The summed E-state index contributed by atoms with van der Waals surface area (Å²) in [5.74, 6) is 1.50. The molecule has 4 heterocycles. The van der Waals surface area contributed by atoms with Gasteiger partial charge < -0.3 is 9.84 Å². The van der Waals surface area contributed by atoms with E-state index >= 15 is 0 Å². The average Bonchev–Trinajstić information content (AvgIpc) is 3.42. The van der Waals surface area contributed by atoms with E-state index < -0.39 is 0 Å². The molecule has 160 valence electrons. The van der Waals surface area contributed by atoms with Crippen LogP contribution < -0.4 is 5.69 Å². The molecule has 3 aromatic heterocycles. The predicted molar refractivity (Wildman–Crippen MR) is 113 cm³/mol. The van der Waals surface area contributed by atoms with Gasteiger partial charge in [-0.1, -0.05) is 24.3 Å². The monoisotopic (exact) mass is 421 g/mol. The van der Waals surface area contributed by atoms with Gasteiger partial charge in [-0.15, -0.1) is 0 Å². The third kappa shape index (κ3) is 3.99. The first kappa shape index (κ1) is 19.6. The van der Waals surface area contributed by atoms with Gasteiger partial charge in [0.05, 0.1) is 11.9 Å². The van der Waals surface area contributed by atoms with Crippen LogP contribution in [0.15, 0.2) is 35.3 Å². The van der Waals surface area contributed by atoms with Gasteiger partial charge in [-0.25, -0.2) is 19.7 Å². The molecule has 5 rings (SSSR count). The van der Waals surface area contributed by atoms with E-state index in [1.54, 1.807) is 10.8 Å². The molecule has 31 heavy (non-hydrogen) atoms. The third-order valence-corrected chi connectivity index (χ3v) is 5.70. The largest absolute Gasteiger partial charge is 0.388 e. The fourth-order valence-corrected chi connectivity index (χ4v) is 3.90. The first-order chi connectivity index (χ1) is 15.2. The number of benzene rings is 1. The van der Waals surface area contributed by atoms with E-state index in [9.17, 15) is 4.79 Å². The molecule has 3 N–H and O–H groups in total. The van der Waals surface area contributed by atoms with E-state index in [2.05, 4.69) is 25.1 Å². The lowest BCUT2D eigenvalue weighted by atomic mass is 9.97. The highest BCUT2D eigenvalue weighted by molar-refractivity contribution is 5.72. The van der Waals surface area contributed by atoms with Crippen LogP contribution in [0.2, 0.25) is 0 Å². The molecule has 4 aromatic rings. The molecule has 0 saturated carbocycles. The number of aryl methyl sites for hydroxylation is 1. The highest BCUT2D eigenvalue weighted by Gasteiger charge is 2.17. The fourth-order valence-electron chi connectivity index (χ4n) is 3.90. The van der Waals surface area contributed by atoms with Crippen LogP contribution in [0.4, 0.5) is 0 Å². The Hall–Kier alpha value is -3.37. The number of ether oxygens (including phenoxy) is 1. The van der Waals surface area contributed by atoms with E-state index in [0.717, 1.165) is 43.6 Å². The van der Waals surface area contributed by atoms with Crippen molar-refractivity contribution in [2.24, 2.45) is 5.92 Å². The number of aromatic amines is 2. The van der Waals surface area contributed by atoms with Crippen molar-refractivity contribution in [3.8, 4) is 22.6 Å². The molecule has 10 nitrogen and oxygen atoms in total. The van der Waals surface area contributed by atoms with Crippen molar-refractivity contribution in [1.82, 2.24) is 34.7 Å². The quantitative estimate of drug-likeness (QED) is 0.433. The lowest BCUT2D eigenvalue weighted by molar-refractivity contribution is 0.0626. The number of aliphatic hydroxyl groups excluding tert-OH is 1. The number of aromatic nitrogens is 7. The zero-order chi connectivity index (χ0) is 21.2. The minimum absolute atomic E-state index is 0.182. The van der Waals surface area contributed by atoms with Crippen LogP contribution in [0.5, 0.6) is 0 Å². The van der Waals surface area contributed by atoms with Crippen molar-refractivity contribution in [3.63, 3.8) is 0 Å². The van der Waals surface area contributed by atoms with Crippen LogP contribution in [0.25, 0.3) is 33.9 Å². The van der Waals surface area contributed by atoms with Crippen LogP contribution in [0.1, 0.15) is 25.1 Å². The molecule has 0 radical (unpaired) electrons. The maximum absolute atomic E-state index is 12.5. The topological polar surface area (TPSA) is 135 Å². The van der Waals surface area contributed by atoms with Gasteiger partial charge in [-0.05, 0) is 25.2 Å². The van der Waals surface area contributed by atoms with Gasteiger partial charge in [0, 0.05) is 30.9 Å². The second-order valence-electron chi connectivity index (χ2n) is 7.69. The van der Waals surface area contributed by atoms with E-state index in [1.807, 2.05) is 24.3 Å². The summed E-state index contributed by atoms with van der Waals surface area (Å²) < 4.78 is 7.10. The Balaban J connectivity index is 1.40. The maximum atomic E-state index is 12.5. The van der Waals surface area contributed by atoms with E-state index in [0.29, 0.717) is 41.1 Å². The molecule has 10 heteroatoms. The van der Waals surface area contributed by atoms with Crippen LogP contribution >= 0.6 is 0 Å². The van der Waals surface area contributed by atoms with Crippen molar-refractivity contribution in [2.75, 3.05) is 13.2 Å². The Labute approximate surface area is 177 Å². The number of H-pyrrole nitrogens is 2. The summed E-state index contributed by atoms with van der Waals surface area (Å²) in [5.41, 5.74) is 3.27. The predicted octanol–water partition coefficient (Wildman–Crippen LogP) is 1.88. The Morgan fingerprint density at radius 3 is 2.65 bits per heavy atom. The number of fused-ring (bicyclic) bond motifs is 1. The summed E-state index contributed by atoms with van der Waals surface area (Å²) in [5, 5.41) is 15.9. The minimum Gasteiger partial charge on any atom is -0.388 e. The van der Waals surface area contributed by atoms with Crippen molar-refractivity contribution >= 4 is 11.3 Å². The summed E-state index contributed by atoms with van der Waals surface area (Å²) in [6, 6.07) is 7.61. The summed E-state index contributed by atoms with van der Waals surface area (Å²) in [6.45, 7) is 2.01. The first-order valence-corrected chi connectivity index (χ1v) is 10.4. The van der Waals surface area contributed by atoms with E-state index in [1.165, 1.54) is 0 Å². The maximum Gasteiger partial charge on any atom is 0.328 e. The first-order valence-electron chi connectivity index (χ1n) is 10.4. The number of hydrogen-bond acceptors (Lipinski definition) is 7. The standard InChI is InChI=1S/C21H23N7O3/c29-12-17-24-18(27-26-17)15-3-1-14(2-4-15)16-11-22-19-20(23-16)28(21(30)25-19)8-5-13-6-9-31-10-7-13/h1-4,11,13,29H,5-10,12H2,(H,22,25,30)(H,24,26,27). The molecule has 0 atom stereocenters. The normalized spacial score (nSPS) is 15.0. The second-order valence-corrected chi connectivity index (χ2v) is 7.69. The molecule has 1 aliphatic heterocycles. The number of nitrogens with one attached hydrogen (secondary N) is 2. The highest BCUT2D eigenvalue weighted by Crippen LogP contribution is 2.23. The molecule has 0 unspecified atom stereocenters. The lowest BCUT2D eigenvalue weighted by Crippen LogP contribution is -2.22. The second kappa shape index (κ2) is 8.40.